The Hall–Kier alpha value is -3.24. The number of benzene rings is 2. The highest BCUT2D eigenvalue weighted by molar-refractivity contribution is 6.34. The average Bonchev–Trinajstić information content (AvgIpc) is 2.81. The zero-order chi connectivity index (χ0) is 26.6. The molecule has 3 heterocycles. The standard InChI is InChI=1S/C26H28ClF2N4O4/c1-14-13-31(25(35)37-26(2,3)4)7-8-32(14)23-17-12-18(27)20(16-6-5-15(28)11-19(16)29)22-21(17)33(9-10-36-22)24(34)30-23/h5-6,9,11-12,14,24,34H,7-8,10,13H2,1-4H3/q+1/t14-,24?/m0/s1. The highest BCUT2D eigenvalue weighted by atomic mass is 35.5. The molecule has 1 N–H and O–H groups in total. The lowest BCUT2D eigenvalue weighted by molar-refractivity contribution is -0.536. The van der Waals surface area contributed by atoms with Crippen LogP contribution in [0.2, 0.25) is 5.02 Å². The molecule has 196 valence electrons. The van der Waals surface area contributed by atoms with Crippen molar-refractivity contribution in [3.05, 3.63) is 46.5 Å². The first-order valence-corrected chi connectivity index (χ1v) is 12.4. The second kappa shape index (κ2) is 9.25. The van der Waals surface area contributed by atoms with Crippen molar-refractivity contribution in [3.63, 3.8) is 0 Å². The summed E-state index contributed by atoms with van der Waals surface area (Å²) < 4.78 is 41.4. The molecule has 2 aromatic rings. The lowest BCUT2D eigenvalue weighted by Crippen LogP contribution is -2.57. The predicted octanol–water partition coefficient (Wildman–Crippen LogP) is 4.37. The van der Waals surface area contributed by atoms with E-state index in [4.69, 9.17) is 21.1 Å². The number of hydrogen-bond donors (Lipinski definition) is 1. The fourth-order valence-corrected chi connectivity index (χ4v) is 5.16. The van der Waals surface area contributed by atoms with Crippen LogP contribution in [0, 0.1) is 11.6 Å². The minimum Gasteiger partial charge on any atom is -0.476 e. The Morgan fingerprint density at radius 2 is 2.00 bits per heavy atom. The minimum atomic E-state index is -1.24. The van der Waals surface area contributed by atoms with Crippen molar-refractivity contribution in [1.82, 2.24) is 9.80 Å². The predicted molar refractivity (Wildman–Crippen MR) is 135 cm³/mol. The number of aliphatic hydroxyl groups excluding tert-OH is 1. The number of nitrogens with zero attached hydrogens (tertiary/aromatic N) is 4. The zero-order valence-electron chi connectivity index (χ0n) is 21.0. The van der Waals surface area contributed by atoms with Crippen molar-refractivity contribution in [2.75, 3.05) is 26.2 Å². The van der Waals surface area contributed by atoms with E-state index in [1.807, 2.05) is 32.6 Å². The molecular formula is C26H28ClF2N4O4+. The molecule has 1 fully saturated rings. The molecule has 2 aromatic carbocycles. The maximum Gasteiger partial charge on any atom is 0.410 e. The van der Waals surface area contributed by atoms with Crippen molar-refractivity contribution in [2.24, 2.45) is 4.99 Å². The van der Waals surface area contributed by atoms with Crippen LogP contribution in [0.3, 0.4) is 0 Å². The number of carbonyl (C=O) groups excluding carboxylic acids is 1. The van der Waals surface area contributed by atoms with Crippen molar-refractivity contribution in [3.8, 4) is 16.9 Å². The van der Waals surface area contributed by atoms with Crippen molar-refractivity contribution in [1.29, 1.82) is 0 Å². The molecule has 0 spiro atoms. The van der Waals surface area contributed by atoms with Gasteiger partial charge in [0.1, 0.15) is 23.1 Å². The van der Waals surface area contributed by atoms with Crippen molar-refractivity contribution in [2.45, 2.75) is 45.7 Å². The van der Waals surface area contributed by atoms with Crippen molar-refractivity contribution < 1.29 is 32.7 Å². The Kier molecular flexibility index (Phi) is 6.35. The number of ether oxygens (including phenoxy) is 2. The van der Waals surface area contributed by atoms with Gasteiger partial charge in [0.25, 0.3) is 5.69 Å². The number of halogens is 3. The van der Waals surface area contributed by atoms with Gasteiger partial charge in [-0.05, 0) is 45.9 Å². The van der Waals surface area contributed by atoms with E-state index in [0.717, 1.165) is 12.1 Å². The van der Waals surface area contributed by atoms with Gasteiger partial charge in [-0.3, -0.25) is 0 Å². The quantitative estimate of drug-likeness (QED) is 0.551. The summed E-state index contributed by atoms with van der Waals surface area (Å²) in [6.07, 6.45) is 0.0255. The van der Waals surface area contributed by atoms with Gasteiger partial charge < -0.3 is 24.4 Å². The molecule has 3 aliphatic rings. The molecule has 3 aliphatic heterocycles. The van der Waals surface area contributed by atoms with Crippen LogP contribution in [0.1, 0.15) is 33.3 Å². The number of rotatable bonds is 1. The number of amides is 1. The Balaban J connectivity index is 1.54. The molecule has 0 saturated carbocycles. The lowest BCUT2D eigenvalue weighted by Gasteiger charge is -2.42. The Morgan fingerprint density at radius 1 is 1.24 bits per heavy atom. The van der Waals surface area contributed by atoms with Crippen LogP contribution >= 0.6 is 11.6 Å². The largest absolute Gasteiger partial charge is 0.476 e. The molecule has 11 heteroatoms. The molecule has 8 nitrogen and oxygen atoms in total. The van der Waals surface area contributed by atoms with Gasteiger partial charge in [0.05, 0.1) is 16.1 Å². The third-order valence-electron chi connectivity index (χ3n) is 6.44. The van der Waals surface area contributed by atoms with E-state index < -0.39 is 23.6 Å². The Labute approximate surface area is 218 Å². The van der Waals surface area contributed by atoms with Crippen LogP contribution in [0.15, 0.2) is 29.3 Å². The molecule has 1 unspecified atom stereocenters. The summed E-state index contributed by atoms with van der Waals surface area (Å²) in [5.74, 6) is -0.714. The van der Waals surface area contributed by atoms with Gasteiger partial charge in [-0.15, -0.1) is 4.58 Å². The van der Waals surface area contributed by atoms with Crippen LogP contribution in [-0.4, -0.2) is 81.9 Å². The highest BCUT2D eigenvalue weighted by Crippen LogP contribution is 2.49. The van der Waals surface area contributed by atoms with E-state index in [1.165, 1.54) is 6.07 Å². The number of aliphatic imine (C=N–C) groups is 1. The van der Waals surface area contributed by atoms with E-state index in [9.17, 15) is 18.7 Å². The number of carbonyl (C=O) groups is 1. The van der Waals surface area contributed by atoms with E-state index in [-0.39, 0.29) is 40.6 Å². The fourth-order valence-electron chi connectivity index (χ4n) is 4.86. The van der Waals surface area contributed by atoms with Gasteiger partial charge in [-0.2, -0.15) is 4.99 Å². The van der Waals surface area contributed by atoms with E-state index in [0.29, 0.717) is 36.7 Å². The summed E-state index contributed by atoms with van der Waals surface area (Å²) >= 11 is 6.69. The number of piperazine rings is 1. The van der Waals surface area contributed by atoms with E-state index in [2.05, 4.69) is 4.99 Å². The lowest BCUT2D eigenvalue weighted by atomic mass is 9.96. The molecule has 0 bridgehead atoms. The monoisotopic (exact) mass is 533 g/mol. The third kappa shape index (κ3) is 4.64. The first-order valence-electron chi connectivity index (χ1n) is 12.0. The van der Waals surface area contributed by atoms with Crippen LogP contribution < -0.4 is 4.74 Å². The maximum atomic E-state index is 14.8. The summed E-state index contributed by atoms with van der Waals surface area (Å²) in [5.41, 5.74) is 0.853. The molecule has 0 aliphatic carbocycles. The molecule has 0 aromatic heterocycles. The summed E-state index contributed by atoms with van der Waals surface area (Å²) in [5, 5.41) is 11.1. The first kappa shape index (κ1) is 25.4. The van der Waals surface area contributed by atoms with Gasteiger partial charge in [0.2, 0.25) is 5.75 Å². The Morgan fingerprint density at radius 3 is 2.68 bits per heavy atom. The van der Waals surface area contributed by atoms with Gasteiger partial charge in [0, 0.05) is 37.3 Å². The first-order chi connectivity index (χ1) is 17.4. The second-order valence-corrected chi connectivity index (χ2v) is 10.7. The second-order valence-electron chi connectivity index (χ2n) is 10.3. The van der Waals surface area contributed by atoms with Crippen LogP contribution in [0.4, 0.5) is 19.3 Å². The smallest absolute Gasteiger partial charge is 0.410 e. The van der Waals surface area contributed by atoms with Crippen LogP contribution in [0.25, 0.3) is 11.1 Å². The summed E-state index contributed by atoms with van der Waals surface area (Å²) in [6, 6.07) is 4.76. The van der Waals surface area contributed by atoms with Gasteiger partial charge >= 0.3 is 12.4 Å². The number of aliphatic hydroxyl groups is 1. The number of amidine groups is 1. The third-order valence-corrected chi connectivity index (χ3v) is 6.74. The summed E-state index contributed by atoms with van der Waals surface area (Å²) in [6.45, 7) is 8.76. The molecule has 0 radical (unpaired) electrons. The molecule has 1 amide bonds. The van der Waals surface area contributed by atoms with Crippen LogP contribution in [0.5, 0.6) is 5.75 Å². The fraction of sp³-hybridized carbons (Fsp3) is 0.423. The topological polar surface area (TPSA) is 77.6 Å². The zero-order valence-corrected chi connectivity index (χ0v) is 21.7. The van der Waals surface area contributed by atoms with Gasteiger partial charge in [0.15, 0.2) is 12.8 Å². The molecular weight excluding hydrogens is 506 g/mol. The maximum absolute atomic E-state index is 14.8. The molecule has 2 atom stereocenters. The van der Waals surface area contributed by atoms with E-state index >= 15 is 0 Å². The highest BCUT2D eigenvalue weighted by Gasteiger charge is 2.43. The van der Waals surface area contributed by atoms with Crippen molar-refractivity contribution >= 4 is 35.4 Å². The summed E-state index contributed by atoms with van der Waals surface area (Å²) in [4.78, 5) is 20.8. The minimum absolute atomic E-state index is 0.0870. The van der Waals surface area contributed by atoms with Gasteiger partial charge in [-0.25, -0.2) is 13.6 Å². The van der Waals surface area contributed by atoms with Gasteiger partial charge in [-0.1, -0.05) is 11.6 Å². The van der Waals surface area contributed by atoms with E-state index in [1.54, 1.807) is 21.8 Å². The normalized spacial score (nSPS) is 21.1. The molecule has 37 heavy (non-hydrogen) atoms. The Bertz CT molecular complexity index is 1340. The average molecular weight is 534 g/mol. The molecule has 1 saturated heterocycles. The SMILES string of the molecule is C[C@H]1CN(C(=O)OC(C)(C)C)CCN1C1=NC(O)[N+]2=CCOc3c(-c4ccc(F)cc4F)c(Cl)cc1c32. The summed E-state index contributed by atoms with van der Waals surface area (Å²) in [7, 11) is 0. The number of hydrogen-bond acceptors (Lipinski definition) is 6. The molecule has 5 rings (SSSR count). The van der Waals surface area contributed by atoms with Crippen LogP contribution in [-0.2, 0) is 4.74 Å².